The van der Waals surface area contributed by atoms with Gasteiger partial charge in [0.05, 0.1) is 17.0 Å². The Morgan fingerprint density at radius 3 is 2.61 bits per heavy atom. The first-order valence-electron chi connectivity index (χ1n) is 10.7. The van der Waals surface area contributed by atoms with Crippen molar-refractivity contribution in [3.8, 4) is 0 Å². The first-order valence-corrected chi connectivity index (χ1v) is 12.1. The molecule has 0 unspecified atom stereocenters. The maximum atomic E-state index is 12.7. The molecule has 31 heavy (non-hydrogen) atoms. The second-order valence-corrected chi connectivity index (χ2v) is 9.70. The van der Waals surface area contributed by atoms with Gasteiger partial charge in [-0.2, -0.15) is 4.31 Å². The molecule has 1 aliphatic rings. The molecule has 2 aromatic carbocycles. The fourth-order valence-corrected chi connectivity index (χ4v) is 5.35. The molecule has 0 spiro atoms. The summed E-state index contributed by atoms with van der Waals surface area (Å²) >= 11 is 0. The number of aryl methyl sites for hydroxylation is 2. The van der Waals surface area contributed by atoms with Crippen LogP contribution in [0.3, 0.4) is 0 Å². The van der Waals surface area contributed by atoms with Gasteiger partial charge in [0, 0.05) is 26.1 Å². The van der Waals surface area contributed by atoms with Crippen LogP contribution in [-0.2, 0) is 27.8 Å². The van der Waals surface area contributed by atoms with Gasteiger partial charge in [-0.05, 0) is 49.4 Å². The molecule has 1 saturated heterocycles. The number of nitrogens with zero attached hydrogens (tertiary/aromatic N) is 4. The Kier molecular flexibility index (Phi) is 6.62. The molecule has 0 saturated carbocycles. The Balaban J connectivity index is 1.30. The van der Waals surface area contributed by atoms with E-state index in [9.17, 15) is 13.2 Å². The van der Waals surface area contributed by atoms with Crippen molar-refractivity contribution in [2.75, 3.05) is 19.6 Å². The number of aromatic nitrogens is 3. The molecule has 0 atom stereocenters. The molecular formula is C22H27N5O3S. The van der Waals surface area contributed by atoms with Gasteiger partial charge in [-0.1, -0.05) is 35.5 Å². The number of hydrogen-bond donors (Lipinski definition) is 1. The van der Waals surface area contributed by atoms with Gasteiger partial charge in [0.2, 0.25) is 15.9 Å². The molecule has 4 rings (SSSR count). The van der Waals surface area contributed by atoms with Crippen molar-refractivity contribution in [3.63, 3.8) is 0 Å². The van der Waals surface area contributed by atoms with Gasteiger partial charge in [0.1, 0.15) is 5.52 Å². The van der Waals surface area contributed by atoms with Crippen LogP contribution < -0.4 is 5.32 Å². The summed E-state index contributed by atoms with van der Waals surface area (Å²) < 4.78 is 28.6. The van der Waals surface area contributed by atoms with Crippen molar-refractivity contribution in [3.05, 3.63) is 54.1 Å². The zero-order valence-electron chi connectivity index (χ0n) is 17.4. The van der Waals surface area contributed by atoms with Gasteiger partial charge in [0.25, 0.3) is 0 Å². The molecule has 8 nitrogen and oxygen atoms in total. The second-order valence-electron chi connectivity index (χ2n) is 7.76. The summed E-state index contributed by atoms with van der Waals surface area (Å²) in [5, 5.41) is 11.1. The molecule has 1 amide bonds. The highest BCUT2D eigenvalue weighted by Gasteiger charge is 2.27. The normalized spacial score (nSPS) is 14.8. The Morgan fingerprint density at radius 2 is 1.84 bits per heavy atom. The lowest BCUT2D eigenvalue weighted by Crippen LogP contribution is -2.27. The summed E-state index contributed by atoms with van der Waals surface area (Å²) in [7, 11) is -3.49. The Labute approximate surface area is 182 Å². The highest BCUT2D eigenvalue weighted by molar-refractivity contribution is 7.89. The number of fused-ring (bicyclic) bond motifs is 1. The van der Waals surface area contributed by atoms with E-state index in [1.165, 1.54) is 9.87 Å². The highest BCUT2D eigenvalue weighted by Crippen LogP contribution is 2.23. The van der Waals surface area contributed by atoms with Gasteiger partial charge in [-0.3, -0.25) is 4.79 Å². The average molecular weight is 442 g/mol. The third kappa shape index (κ3) is 5.11. The van der Waals surface area contributed by atoms with E-state index in [-0.39, 0.29) is 17.2 Å². The third-order valence-corrected chi connectivity index (χ3v) is 7.44. The minimum absolute atomic E-state index is 0.0371. The number of hydrogen-bond acceptors (Lipinski definition) is 5. The maximum absolute atomic E-state index is 12.7. The lowest BCUT2D eigenvalue weighted by atomic mass is 10.1. The molecule has 0 radical (unpaired) electrons. The van der Waals surface area contributed by atoms with Crippen LogP contribution in [-0.4, -0.2) is 53.3 Å². The zero-order chi connectivity index (χ0) is 21.7. The van der Waals surface area contributed by atoms with Crippen molar-refractivity contribution < 1.29 is 13.2 Å². The van der Waals surface area contributed by atoms with E-state index >= 15 is 0 Å². The highest BCUT2D eigenvalue weighted by atomic mass is 32.2. The van der Waals surface area contributed by atoms with E-state index in [4.69, 9.17) is 0 Å². The summed E-state index contributed by atoms with van der Waals surface area (Å²) in [6, 6.07) is 15.1. The number of rotatable bonds is 9. The molecule has 1 aromatic heterocycles. The first-order chi connectivity index (χ1) is 15.0. The fraction of sp³-hybridized carbons (Fsp3) is 0.409. The lowest BCUT2D eigenvalue weighted by molar-refractivity contribution is -0.121. The summed E-state index contributed by atoms with van der Waals surface area (Å²) in [4.78, 5) is 12.4. The van der Waals surface area contributed by atoms with Crippen molar-refractivity contribution in [2.24, 2.45) is 0 Å². The summed E-state index contributed by atoms with van der Waals surface area (Å²) in [5.74, 6) is -0.0371. The fourth-order valence-electron chi connectivity index (χ4n) is 3.82. The standard InChI is InChI=1S/C22H27N5O3S/c28-22(23-13-6-9-18-7-2-1-3-8-18)12-16-27-21-11-10-19(17-20(21)24-25-27)31(29,30)26-14-4-5-15-26/h1-3,7-8,10-11,17H,4-6,9,12-16H2,(H,23,28). The SMILES string of the molecule is O=C(CCn1nnc2cc(S(=O)(=O)N3CCCC3)ccc21)NCCCc1ccccc1. The molecule has 2 heterocycles. The minimum atomic E-state index is -3.49. The predicted octanol–water partition coefficient (Wildman–Crippen LogP) is 2.35. The number of benzene rings is 2. The maximum Gasteiger partial charge on any atom is 0.243 e. The van der Waals surface area contributed by atoms with Crippen molar-refractivity contribution >= 4 is 27.0 Å². The summed E-state index contributed by atoms with van der Waals surface area (Å²) in [5.41, 5.74) is 2.50. The Bertz CT molecular complexity index is 1140. The van der Waals surface area contributed by atoms with Crippen LogP contribution in [0.4, 0.5) is 0 Å². The van der Waals surface area contributed by atoms with Gasteiger partial charge in [-0.25, -0.2) is 13.1 Å². The van der Waals surface area contributed by atoms with Crippen molar-refractivity contribution in [1.82, 2.24) is 24.6 Å². The van der Waals surface area contributed by atoms with Crippen LogP contribution in [0.15, 0.2) is 53.4 Å². The minimum Gasteiger partial charge on any atom is -0.356 e. The third-order valence-electron chi connectivity index (χ3n) is 5.55. The zero-order valence-corrected chi connectivity index (χ0v) is 18.2. The first kappa shape index (κ1) is 21.5. The molecular weight excluding hydrogens is 414 g/mol. The topological polar surface area (TPSA) is 97.2 Å². The van der Waals surface area contributed by atoms with E-state index < -0.39 is 10.0 Å². The van der Waals surface area contributed by atoms with E-state index in [0.29, 0.717) is 31.7 Å². The lowest BCUT2D eigenvalue weighted by Gasteiger charge is -2.15. The van der Waals surface area contributed by atoms with E-state index in [2.05, 4.69) is 27.8 Å². The Hall–Kier alpha value is -2.78. The monoisotopic (exact) mass is 441 g/mol. The van der Waals surface area contributed by atoms with Crippen molar-refractivity contribution in [2.45, 2.75) is 43.5 Å². The molecule has 1 aliphatic heterocycles. The van der Waals surface area contributed by atoms with Crippen LogP contribution in [0.2, 0.25) is 0 Å². The summed E-state index contributed by atoms with van der Waals surface area (Å²) in [6.07, 6.45) is 3.89. The molecule has 164 valence electrons. The number of carbonyl (C=O) groups is 1. The van der Waals surface area contributed by atoms with Gasteiger partial charge in [-0.15, -0.1) is 5.10 Å². The molecule has 0 aliphatic carbocycles. The van der Waals surface area contributed by atoms with E-state index in [1.54, 1.807) is 22.9 Å². The van der Waals surface area contributed by atoms with Crippen LogP contribution in [0.25, 0.3) is 11.0 Å². The van der Waals surface area contributed by atoms with E-state index in [1.807, 2.05) is 18.2 Å². The number of sulfonamides is 1. The number of nitrogens with one attached hydrogen (secondary N) is 1. The van der Waals surface area contributed by atoms with E-state index in [0.717, 1.165) is 31.2 Å². The smallest absolute Gasteiger partial charge is 0.243 e. The predicted molar refractivity (Wildman–Crippen MR) is 118 cm³/mol. The quantitative estimate of drug-likeness (QED) is 0.514. The van der Waals surface area contributed by atoms with Crippen LogP contribution in [0.5, 0.6) is 0 Å². The van der Waals surface area contributed by atoms with Gasteiger partial charge in [0.15, 0.2) is 0 Å². The van der Waals surface area contributed by atoms with Crippen LogP contribution >= 0.6 is 0 Å². The largest absolute Gasteiger partial charge is 0.356 e. The molecule has 1 fully saturated rings. The molecule has 1 N–H and O–H groups in total. The van der Waals surface area contributed by atoms with Gasteiger partial charge >= 0.3 is 0 Å². The average Bonchev–Trinajstić information content (AvgIpc) is 3.46. The molecule has 3 aromatic rings. The molecule has 9 heteroatoms. The molecule has 0 bridgehead atoms. The van der Waals surface area contributed by atoms with Crippen LogP contribution in [0.1, 0.15) is 31.2 Å². The van der Waals surface area contributed by atoms with Gasteiger partial charge < -0.3 is 5.32 Å². The summed E-state index contributed by atoms with van der Waals surface area (Å²) in [6.45, 7) is 2.14. The van der Waals surface area contributed by atoms with Crippen LogP contribution in [0, 0.1) is 0 Å². The number of amides is 1. The van der Waals surface area contributed by atoms with Crippen molar-refractivity contribution in [1.29, 1.82) is 0 Å². The Morgan fingerprint density at radius 1 is 1.06 bits per heavy atom. The second kappa shape index (κ2) is 9.57. The number of carbonyl (C=O) groups excluding carboxylic acids is 1.